The van der Waals surface area contributed by atoms with Crippen LogP contribution in [0.2, 0.25) is 0 Å². The smallest absolute Gasteiger partial charge is 0.224 e. The average molecular weight is 338 g/mol. The van der Waals surface area contributed by atoms with Gasteiger partial charge in [0.05, 0.1) is 36.3 Å². The van der Waals surface area contributed by atoms with Gasteiger partial charge in [-0.2, -0.15) is 5.26 Å². The summed E-state index contributed by atoms with van der Waals surface area (Å²) in [6.45, 7) is 0.538. The number of sulfone groups is 1. The highest BCUT2D eigenvalue weighted by molar-refractivity contribution is 7.92. The van der Waals surface area contributed by atoms with E-state index < -0.39 is 9.84 Å². The van der Waals surface area contributed by atoms with Gasteiger partial charge in [-0.05, 0) is 25.0 Å². The molecule has 0 aliphatic heterocycles. The second-order valence-electron chi connectivity index (χ2n) is 5.83. The van der Waals surface area contributed by atoms with Crippen molar-refractivity contribution in [2.24, 2.45) is 0 Å². The van der Waals surface area contributed by atoms with Crippen LogP contribution in [0, 0.1) is 11.3 Å². The van der Waals surface area contributed by atoms with Crippen molar-refractivity contribution in [3.8, 4) is 6.07 Å². The van der Waals surface area contributed by atoms with Crippen molar-refractivity contribution < 1.29 is 17.6 Å². The second-order valence-corrected chi connectivity index (χ2v) is 8.23. The number of carbonyl (C=O) groups is 1. The number of furan rings is 1. The quantitative estimate of drug-likeness (QED) is 0.725. The van der Waals surface area contributed by atoms with E-state index in [9.17, 15) is 13.2 Å². The Morgan fingerprint density at radius 2 is 2.13 bits per heavy atom. The minimum absolute atomic E-state index is 0.0367. The first-order valence-electron chi connectivity index (χ1n) is 7.91. The number of hydrogen-bond donors (Lipinski definition) is 0. The van der Waals surface area contributed by atoms with Crippen molar-refractivity contribution in [1.82, 2.24) is 4.90 Å². The fourth-order valence-electron chi connectivity index (χ4n) is 2.87. The van der Waals surface area contributed by atoms with Crippen LogP contribution in [0.3, 0.4) is 0 Å². The molecule has 126 valence electrons. The molecule has 7 heteroatoms. The molecule has 1 amide bonds. The number of amides is 1. The lowest BCUT2D eigenvalue weighted by Gasteiger charge is -2.21. The van der Waals surface area contributed by atoms with Crippen LogP contribution in [0.25, 0.3) is 0 Å². The van der Waals surface area contributed by atoms with Crippen LogP contribution in [-0.4, -0.2) is 36.8 Å². The van der Waals surface area contributed by atoms with Crippen LogP contribution >= 0.6 is 0 Å². The number of rotatable bonds is 8. The lowest BCUT2D eigenvalue weighted by atomic mass is 10.3. The van der Waals surface area contributed by atoms with Gasteiger partial charge in [0.1, 0.15) is 5.76 Å². The maximum atomic E-state index is 12.3. The Hall–Kier alpha value is -1.81. The lowest BCUT2D eigenvalue weighted by Crippen LogP contribution is -2.33. The zero-order chi connectivity index (χ0) is 16.7. The summed E-state index contributed by atoms with van der Waals surface area (Å²) in [5.41, 5.74) is 0. The highest BCUT2D eigenvalue weighted by atomic mass is 32.2. The van der Waals surface area contributed by atoms with E-state index >= 15 is 0 Å². The SMILES string of the molecule is N#CCCN(Cc1ccco1)C(=O)CCS(=O)(=O)C1CCCC1. The Morgan fingerprint density at radius 1 is 1.39 bits per heavy atom. The molecule has 1 saturated carbocycles. The predicted molar refractivity (Wildman–Crippen MR) is 85.0 cm³/mol. The fourth-order valence-corrected chi connectivity index (χ4v) is 4.71. The molecular weight excluding hydrogens is 316 g/mol. The molecule has 1 aromatic rings. The molecule has 1 aromatic heterocycles. The fraction of sp³-hybridized carbons (Fsp3) is 0.625. The van der Waals surface area contributed by atoms with Crippen LogP contribution < -0.4 is 0 Å². The van der Waals surface area contributed by atoms with Gasteiger partial charge < -0.3 is 9.32 Å². The van der Waals surface area contributed by atoms with Crippen molar-refractivity contribution in [3.63, 3.8) is 0 Å². The van der Waals surface area contributed by atoms with E-state index in [1.54, 1.807) is 12.1 Å². The van der Waals surface area contributed by atoms with Gasteiger partial charge in [0, 0.05) is 13.0 Å². The molecule has 0 aromatic carbocycles. The Balaban J connectivity index is 1.92. The van der Waals surface area contributed by atoms with Crippen LogP contribution in [0.1, 0.15) is 44.3 Å². The molecule has 1 fully saturated rings. The summed E-state index contributed by atoms with van der Waals surface area (Å²) in [7, 11) is -3.21. The van der Waals surface area contributed by atoms with Crippen LogP contribution in [0.15, 0.2) is 22.8 Å². The highest BCUT2D eigenvalue weighted by Crippen LogP contribution is 2.25. The van der Waals surface area contributed by atoms with Crippen LogP contribution in [0.5, 0.6) is 0 Å². The topological polar surface area (TPSA) is 91.4 Å². The maximum Gasteiger partial charge on any atom is 0.224 e. The summed E-state index contributed by atoms with van der Waals surface area (Å²) in [5.74, 6) is 0.255. The minimum atomic E-state index is -3.21. The molecule has 0 saturated heterocycles. The van der Waals surface area contributed by atoms with E-state index in [-0.39, 0.29) is 42.8 Å². The summed E-state index contributed by atoms with van der Waals surface area (Å²) in [6, 6.07) is 5.49. The predicted octanol–water partition coefficient (Wildman–Crippen LogP) is 2.27. The van der Waals surface area contributed by atoms with Gasteiger partial charge in [-0.25, -0.2) is 8.42 Å². The third-order valence-corrected chi connectivity index (χ3v) is 6.44. The summed E-state index contributed by atoms with van der Waals surface area (Å²) in [5, 5.41) is 8.43. The maximum absolute atomic E-state index is 12.3. The normalized spacial score (nSPS) is 15.4. The molecule has 2 rings (SSSR count). The molecule has 1 heterocycles. The second kappa shape index (κ2) is 8.16. The highest BCUT2D eigenvalue weighted by Gasteiger charge is 2.29. The third kappa shape index (κ3) is 5.10. The largest absolute Gasteiger partial charge is 0.467 e. The van der Waals surface area contributed by atoms with Gasteiger partial charge in [0.2, 0.25) is 5.91 Å². The molecule has 0 atom stereocenters. The number of hydrogen-bond acceptors (Lipinski definition) is 5. The van der Waals surface area contributed by atoms with Crippen molar-refractivity contribution in [1.29, 1.82) is 5.26 Å². The third-order valence-electron chi connectivity index (χ3n) is 4.18. The number of carbonyl (C=O) groups excluding carboxylic acids is 1. The first-order chi connectivity index (χ1) is 11.0. The van der Waals surface area contributed by atoms with E-state index in [0.717, 1.165) is 12.8 Å². The molecule has 0 spiro atoms. The van der Waals surface area contributed by atoms with Crippen molar-refractivity contribution in [2.45, 2.75) is 50.3 Å². The molecule has 23 heavy (non-hydrogen) atoms. The van der Waals surface area contributed by atoms with Gasteiger partial charge in [-0.15, -0.1) is 0 Å². The van der Waals surface area contributed by atoms with Crippen LogP contribution in [-0.2, 0) is 21.2 Å². The van der Waals surface area contributed by atoms with Crippen LogP contribution in [0.4, 0.5) is 0 Å². The van der Waals surface area contributed by atoms with Gasteiger partial charge in [-0.1, -0.05) is 12.8 Å². The molecule has 0 N–H and O–H groups in total. The minimum Gasteiger partial charge on any atom is -0.467 e. The zero-order valence-electron chi connectivity index (χ0n) is 13.1. The van der Waals surface area contributed by atoms with Crippen molar-refractivity contribution in [3.05, 3.63) is 24.2 Å². The van der Waals surface area contributed by atoms with E-state index in [1.165, 1.54) is 11.2 Å². The molecule has 0 unspecified atom stereocenters. The van der Waals surface area contributed by atoms with Gasteiger partial charge in [0.15, 0.2) is 9.84 Å². The Labute approximate surface area is 137 Å². The summed E-state index contributed by atoms with van der Waals surface area (Å²) >= 11 is 0. The van der Waals surface area contributed by atoms with Crippen molar-refractivity contribution >= 4 is 15.7 Å². The average Bonchev–Trinajstić information content (AvgIpc) is 3.22. The van der Waals surface area contributed by atoms with E-state index in [1.807, 2.05) is 6.07 Å². The Bertz CT molecular complexity index is 640. The molecular formula is C16H22N2O4S. The monoisotopic (exact) mass is 338 g/mol. The summed E-state index contributed by atoms with van der Waals surface area (Å²) in [6.07, 6.45) is 5.01. The van der Waals surface area contributed by atoms with Gasteiger partial charge in [-0.3, -0.25) is 4.79 Å². The molecule has 0 radical (unpaired) electrons. The van der Waals surface area contributed by atoms with Crippen molar-refractivity contribution in [2.75, 3.05) is 12.3 Å². The molecule has 1 aliphatic carbocycles. The molecule has 0 bridgehead atoms. The molecule has 6 nitrogen and oxygen atoms in total. The number of nitrogens with zero attached hydrogens (tertiary/aromatic N) is 2. The van der Waals surface area contributed by atoms with E-state index in [2.05, 4.69) is 0 Å². The summed E-state index contributed by atoms with van der Waals surface area (Å²) in [4.78, 5) is 13.8. The van der Waals surface area contributed by atoms with Gasteiger partial charge in [0.25, 0.3) is 0 Å². The standard InChI is InChI=1S/C16H22N2O4S/c17-9-4-10-18(13-14-5-3-11-22-14)16(19)8-12-23(20,21)15-6-1-2-7-15/h3,5,11,15H,1-2,4,6-8,10,12-13H2. The molecule has 1 aliphatic rings. The Morgan fingerprint density at radius 3 is 2.74 bits per heavy atom. The summed E-state index contributed by atoms with van der Waals surface area (Å²) < 4.78 is 29.7. The lowest BCUT2D eigenvalue weighted by molar-refractivity contribution is -0.131. The Kier molecular flexibility index (Phi) is 6.22. The van der Waals surface area contributed by atoms with E-state index in [4.69, 9.17) is 9.68 Å². The zero-order valence-corrected chi connectivity index (χ0v) is 13.9. The first kappa shape index (κ1) is 17.5. The van der Waals surface area contributed by atoms with Gasteiger partial charge >= 0.3 is 0 Å². The number of nitriles is 1. The first-order valence-corrected chi connectivity index (χ1v) is 9.63. The van der Waals surface area contributed by atoms with E-state index in [0.29, 0.717) is 18.6 Å².